The lowest BCUT2D eigenvalue weighted by molar-refractivity contribution is 0.182. The number of pyridine rings is 1. The van der Waals surface area contributed by atoms with Gasteiger partial charge >= 0.3 is 6.03 Å². The van der Waals surface area contributed by atoms with Crippen molar-refractivity contribution in [2.24, 2.45) is 0 Å². The van der Waals surface area contributed by atoms with E-state index in [0.29, 0.717) is 6.54 Å². The molecule has 1 aliphatic heterocycles. The summed E-state index contributed by atoms with van der Waals surface area (Å²) in [5.41, 5.74) is 3.22. The maximum Gasteiger partial charge on any atom is 0.317 e. The van der Waals surface area contributed by atoms with Crippen LogP contribution in [0.4, 0.5) is 10.6 Å². The molecule has 1 N–H and O–H groups in total. The Hall–Kier alpha value is -2.27. The molecule has 27 heavy (non-hydrogen) atoms. The number of urea groups is 1. The second kappa shape index (κ2) is 8.61. The van der Waals surface area contributed by atoms with Crippen LogP contribution in [0.2, 0.25) is 5.02 Å². The van der Waals surface area contributed by atoms with Crippen molar-refractivity contribution in [1.82, 2.24) is 15.2 Å². The molecule has 2 aromatic rings. The van der Waals surface area contributed by atoms with Gasteiger partial charge in [0.2, 0.25) is 0 Å². The fourth-order valence-electron chi connectivity index (χ4n) is 3.41. The number of halogens is 1. The van der Waals surface area contributed by atoms with Gasteiger partial charge in [0.1, 0.15) is 5.82 Å². The molecule has 0 saturated carbocycles. The monoisotopic (exact) mass is 386 g/mol. The van der Waals surface area contributed by atoms with Crippen molar-refractivity contribution < 1.29 is 4.79 Å². The average molecular weight is 387 g/mol. The van der Waals surface area contributed by atoms with E-state index in [1.807, 2.05) is 50.2 Å². The molecule has 0 radical (unpaired) electrons. The van der Waals surface area contributed by atoms with E-state index in [2.05, 4.69) is 27.3 Å². The standard InChI is InChI=1S/C21H27ClN4O/c1-15-6-9-20(23-12-15)26-10-4-5-18(14-26)25(3)21(27)24-13-17-7-8-19(22)16(2)11-17/h6-9,11-12,18H,4-5,10,13-14H2,1-3H3,(H,24,27)/t18-/m1/s1. The summed E-state index contributed by atoms with van der Waals surface area (Å²) >= 11 is 6.06. The van der Waals surface area contributed by atoms with Gasteiger partial charge in [-0.15, -0.1) is 0 Å². The molecule has 3 rings (SSSR count). The lowest BCUT2D eigenvalue weighted by Crippen LogP contribution is -2.51. The van der Waals surface area contributed by atoms with Crippen LogP contribution in [0.3, 0.4) is 0 Å². The fourth-order valence-corrected chi connectivity index (χ4v) is 3.53. The van der Waals surface area contributed by atoms with Crippen molar-refractivity contribution in [3.63, 3.8) is 0 Å². The molecular formula is C21H27ClN4O. The first kappa shape index (κ1) is 19.5. The normalized spacial score (nSPS) is 16.9. The molecular weight excluding hydrogens is 360 g/mol. The molecule has 1 atom stereocenters. The van der Waals surface area contributed by atoms with Crippen LogP contribution in [-0.4, -0.2) is 42.1 Å². The van der Waals surface area contributed by atoms with E-state index in [-0.39, 0.29) is 12.1 Å². The number of aryl methyl sites for hydroxylation is 2. The van der Waals surface area contributed by atoms with Gasteiger partial charge in [-0.3, -0.25) is 0 Å². The van der Waals surface area contributed by atoms with Crippen LogP contribution in [0, 0.1) is 13.8 Å². The van der Waals surface area contributed by atoms with Crippen LogP contribution in [0.1, 0.15) is 29.5 Å². The van der Waals surface area contributed by atoms with Crippen LogP contribution in [0.5, 0.6) is 0 Å². The second-order valence-electron chi connectivity index (χ2n) is 7.29. The number of anilines is 1. The molecule has 1 aromatic carbocycles. The van der Waals surface area contributed by atoms with Crippen molar-refractivity contribution >= 4 is 23.4 Å². The highest BCUT2D eigenvalue weighted by atomic mass is 35.5. The number of aromatic nitrogens is 1. The number of benzene rings is 1. The summed E-state index contributed by atoms with van der Waals surface area (Å²) in [6, 6.07) is 10.1. The van der Waals surface area contributed by atoms with Crippen molar-refractivity contribution in [3.05, 3.63) is 58.2 Å². The fraction of sp³-hybridized carbons (Fsp3) is 0.429. The maximum absolute atomic E-state index is 12.6. The number of likely N-dealkylation sites (N-methyl/N-ethyl adjacent to an activating group) is 1. The zero-order chi connectivity index (χ0) is 19.4. The van der Waals surface area contributed by atoms with Crippen molar-refractivity contribution in [1.29, 1.82) is 0 Å². The average Bonchev–Trinajstić information content (AvgIpc) is 2.68. The van der Waals surface area contributed by atoms with Crippen LogP contribution in [0.25, 0.3) is 0 Å². The molecule has 0 spiro atoms. The van der Waals surface area contributed by atoms with Gasteiger partial charge in [0.05, 0.1) is 6.04 Å². The summed E-state index contributed by atoms with van der Waals surface area (Å²) < 4.78 is 0. The zero-order valence-corrected chi connectivity index (χ0v) is 17.0. The van der Waals surface area contributed by atoms with E-state index in [9.17, 15) is 4.79 Å². The van der Waals surface area contributed by atoms with Gasteiger partial charge in [-0.1, -0.05) is 29.8 Å². The predicted molar refractivity (Wildman–Crippen MR) is 110 cm³/mol. The number of nitrogens with one attached hydrogen (secondary N) is 1. The van der Waals surface area contributed by atoms with E-state index in [0.717, 1.165) is 53.5 Å². The molecule has 1 fully saturated rings. The van der Waals surface area contributed by atoms with E-state index in [4.69, 9.17) is 11.6 Å². The minimum Gasteiger partial charge on any atom is -0.355 e. The summed E-state index contributed by atoms with van der Waals surface area (Å²) in [5, 5.41) is 3.76. The molecule has 0 aliphatic carbocycles. The Morgan fingerprint density at radius 1 is 1.33 bits per heavy atom. The first-order valence-corrected chi connectivity index (χ1v) is 9.75. The lowest BCUT2D eigenvalue weighted by Gasteiger charge is -2.38. The summed E-state index contributed by atoms with van der Waals surface area (Å²) in [5.74, 6) is 0.982. The summed E-state index contributed by atoms with van der Waals surface area (Å²) in [6.45, 7) is 6.29. The smallest absolute Gasteiger partial charge is 0.317 e. The number of amides is 2. The van der Waals surface area contributed by atoms with E-state index >= 15 is 0 Å². The third kappa shape index (κ3) is 4.92. The Labute approximate surface area is 166 Å². The summed E-state index contributed by atoms with van der Waals surface area (Å²) in [6.07, 6.45) is 3.95. The molecule has 1 saturated heterocycles. The van der Waals surface area contributed by atoms with Gasteiger partial charge in [-0.2, -0.15) is 0 Å². The third-order valence-electron chi connectivity index (χ3n) is 5.15. The lowest BCUT2D eigenvalue weighted by atomic mass is 10.0. The number of carbonyl (C=O) groups excluding carboxylic acids is 1. The van der Waals surface area contributed by atoms with E-state index in [1.54, 1.807) is 0 Å². The molecule has 1 aliphatic rings. The van der Waals surface area contributed by atoms with Gasteiger partial charge in [0.15, 0.2) is 0 Å². The maximum atomic E-state index is 12.6. The number of piperidine rings is 1. The molecule has 2 amide bonds. The second-order valence-corrected chi connectivity index (χ2v) is 7.70. The predicted octanol–water partition coefficient (Wildman–Crippen LogP) is 4.16. The molecule has 144 valence electrons. The number of rotatable bonds is 4. The molecule has 0 bridgehead atoms. The number of nitrogens with zero attached hydrogens (tertiary/aromatic N) is 3. The minimum atomic E-state index is -0.0497. The Kier molecular flexibility index (Phi) is 6.22. The van der Waals surface area contributed by atoms with Gasteiger partial charge in [-0.05, 0) is 55.5 Å². The molecule has 1 aromatic heterocycles. The molecule has 6 heteroatoms. The third-order valence-corrected chi connectivity index (χ3v) is 5.57. The van der Waals surface area contributed by atoms with Crippen LogP contribution in [0.15, 0.2) is 36.5 Å². The highest BCUT2D eigenvalue weighted by molar-refractivity contribution is 6.31. The van der Waals surface area contributed by atoms with Gasteiger partial charge < -0.3 is 15.1 Å². The van der Waals surface area contributed by atoms with E-state index < -0.39 is 0 Å². The van der Waals surface area contributed by atoms with Crippen LogP contribution in [-0.2, 0) is 6.54 Å². The molecule has 5 nitrogen and oxygen atoms in total. The molecule has 0 unspecified atom stereocenters. The van der Waals surface area contributed by atoms with Crippen molar-refractivity contribution in [2.75, 3.05) is 25.0 Å². The van der Waals surface area contributed by atoms with Crippen LogP contribution >= 0.6 is 11.6 Å². The highest BCUT2D eigenvalue weighted by Gasteiger charge is 2.26. The first-order chi connectivity index (χ1) is 12.9. The van der Waals surface area contributed by atoms with Crippen LogP contribution < -0.4 is 10.2 Å². The Balaban J connectivity index is 1.57. The Bertz CT molecular complexity index is 793. The highest BCUT2D eigenvalue weighted by Crippen LogP contribution is 2.21. The SMILES string of the molecule is Cc1ccc(N2CCC[C@@H](N(C)C(=O)NCc3ccc(Cl)c(C)c3)C2)nc1. The topological polar surface area (TPSA) is 48.5 Å². The van der Waals surface area contributed by atoms with Crippen molar-refractivity contribution in [2.45, 2.75) is 39.3 Å². The van der Waals surface area contributed by atoms with Gasteiger partial charge in [0, 0.05) is 37.9 Å². The summed E-state index contributed by atoms with van der Waals surface area (Å²) in [7, 11) is 1.87. The van der Waals surface area contributed by atoms with Gasteiger partial charge in [-0.25, -0.2) is 9.78 Å². The Morgan fingerprint density at radius 2 is 2.15 bits per heavy atom. The molecule has 2 heterocycles. The van der Waals surface area contributed by atoms with Gasteiger partial charge in [0.25, 0.3) is 0 Å². The quantitative estimate of drug-likeness (QED) is 0.858. The number of hydrogen-bond acceptors (Lipinski definition) is 3. The van der Waals surface area contributed by atoms with Crippen molar-refractivity contribution in [3.8, 4) is 0 Å². The Morgan fingerprint density at radius 3 is 2.85 bits per heavy atom. The first-order valence-electron chi connectivity index (χ1n) is 9.37. The van der Waals surface area contributed by atoms with E-state index in [1.165, 1.54) is 0 Å². The minimum absolute atomic E-state index is 0.0497. The zero-order valence-electron chi connectivity index (χ0n) is 16.2. The summed E-state index contributed by atoms with van der Waals surface area (Å²) in [4.78, 5) is 21.2. The largest absolute Gasteiger partial charge is 0.355 e. The number of carbonyl (C=O) groups is 1. The number of hydrogen-bond donors (Lipinski definition) is 1.